The zero-order chi connectivity index (χ0) is 13.0. The molecular weight excluding hydrogens is 246 g/mol. The van der Waals surface area contributed by atoms with Gasteiger partial charge in [0.05, 0.1) is 0 Å². The molecule has 0 saturated carbocycles. The molecule has 3 nitrogen and oxygen atoms in total. The van der Waals surface area contributed by atoms with Crippen molar-refractivity contribution in [2.24, 2.45) is 5.41 Å². The fourth-order valence-corrected chi connectivity index (χ4v) is 2.19. The third-order valence-electron chi connectivity index (χ3n) is 3.16. The number of alkyl halides is 1. The molecule has 0 aliphatic heterocycles. The van der Waals surface area contributed by atoms with Gasteiger partial charge in [0.2, 0.25) is 0 Å². The van der Waals surface area contributed by atoms with E-state index in [0.717, 1.165) is 36.7 Å². The third-order valence-corrected chi connectivity index (χ3v) is 3.43. The fraction of sp³-hybridized carbons (Fsp3) is 0.500. The van der Waals surface area contributed by atoms with E-state index < -0.39 is 0 Å². The van der Waals surface area contributed by atoms with Crippen molar-refractivity contribution in [3.63, 3.8) is 0 Å². The second-order valence-corrected chi connectivity index (χ2v) is 5.75. The molecule has 0 unspecified atom stereocenters. The van der Waals surface area contributed by atoms with E-state index in [2.05, 4.69) is 34.6 Å². The van der Waals surface area contributed by atoms with E-state index in [9.17, 15) is 0 Å². The van der Waals surface area contributed by atoms with Crippen LogP contribution in [0, 0.1) is 5.41 Å². The first-order valence-corrected chi connectivity index (χ1v) is 6.88. The van der Waals surface area contributed by atoms with E-state index in [1.54, 1.807) is 0 Å². The Morgan fingerprint density at radius 1 is 1.39 bits per heavy atom. The van der Waals surface area contributed by atoms with Gasteiger partial charge in [-0.05, 0) is 30.4 Å². The smallest absolute Gasteiger partial charge is 0.138 e. The van der Waals surface area contributed by atoms with Crippen molar-refractivity contribution in [3.05, 3.63) is 30.6 Å². The molecule has 0 aromatic carbocycles. The Hall–Kier alpha value is -1.22. The van der Waals surface area contributed by atoms with Crippen LogP contribution in [0.25, 0.3) is 5.65 Å². The molecule has 0 amide bonds. The second kappa shape index (κ2) is 5.61. The summed E-state index contributed by atoms with van der Waals surface area (Å²) in [5, 5.41) is 3.50. The Morgan fingerprint density at radius 2 is 2.22 bits per heavy atom. The average Bonchev–Trinajstić information content (AvgIpc) is 2.82. The second-order valence-electron chi connectivity index (χ2n) is 5.38. The minimum Gasteiger partial charge on any atom is -0.371 e. The lowest BCUT2D eigenvalue weighted by molar-refractivity contribution is 0.355. The number of anilines is 1. The van der Waals surface area contributed by atoms with Crippen LogP contribution in [0.4, 0.5) is 5.82 Å². The topological polar surface area (TPSA) is 29.3 Å². The first kappa shape index (κ1) is 13.2. The molecule has 2 aromatic heterocycles. The van der Waals surface area contributed by atoms with Crippen molar-refractivity contribution in [2.45, 2.75) is 26.7 Å². The minimum atomic E-state index is 0.248. The summed E-state index contributed by atoms with van der Waals surface area (Å²) in [6, 6.07) is 6.10. The van der Waals surface area contributed by atoms with Gasteiger partial charge in [-0.3, -0.25) is 4.40 Å². The molecule has 0 bridgehead atoms. The largest absolute Gasteiger partial charge is 0.371 e. The predicted octanol–water partition coefficient (Wildman–Crippen LogP) is 3.79. The van der Waals surface area contributed by atoms with Crippen molar-refractivity contribution in [1.82, 2.24) is 9.38 Å². The minimum absolute atomic E-state index is 0.248. The van der Waals surface area contributed by atoms with Crippen LogP contribution < -0.4 is 5.32 Å². The standard InChI is InChI=1S/C14H20ClN3/c1-14(2,7-4-8-15)11-17-13-6-3-5-12-16-9-10-18(12)13/h3,5-6,9-10,17H,4,7-8,11H2,1-2H3. The normalized spacial score (nSPS) is 11.9. The van der Waals surface area contributed by atoms with Crippen LogP contribution in [0.15, 0.2) is 30.6 Å². The van der Waals surface area contributed by atoms with Crippen molar-refractivity contribution in [3.8, 4) is 0 Å². The van der Waals surface area contributed by atoms with Crippen molar-refractivity contribution >= 4 is 23.1 Å². The first-order valence-electron chi connectivity index (χ1n) is 6.34. The predicted molar refractivity (Wildman–Crippen MR) is 77.4 cm³/mol. The lowest BCUT2D eigenvalue weighted by Crippen LogP contribution is -2.24. The van der Waals surface area contributed by atoms with Gasteiger partial charge >= 0.3 is 0 Å². The van der Waals surface area contributed by atoms with Crippen LogP contribution >= 0.6 is 11.6 Å². The van der Waals surface area contributed by atoms with Crippen LogP contribution in [-0.2, 0) is 0 Å². The molecule has 0 saturated heterocycles. The van der Waals surface area contributed by atoms with Gasteiger partial charge < -0.3 is 5.32 Å². The summed E-state index contributed by atoms with van der Waals surface area (Å²) in [4.78, 5) is 4.28. The van der Waals surface area contributed by atoms with Gasteiger partial charge in [0.15, 0.2) is 0 Å². The van der Waals surface area contributed by atoms with E-state index in [1.165, 1.54) is 0 Å². The molecule has 2 heterocycles. The van der Waals surface area contributed by atoms with Crippen molar-refractivity contribution in [1.29, 1.82) is 0 Å². The van der Waals surface area contributed by atoms with Gasteiger partial charge in [-0.2, -0.15) is 0 Å². The number of imidazole rings is 1. The van der Waals surface area contributed by atoms with Crippen LogP contribution in [0.1, 0.15) is 26.7 Å². The zero-order valence-corrected chi connectivity index (χ0v) is 11.7. The highest BCUT2D eigenvalue weighted by Gasteiger charge is 2.17. The Balaban J connectivity index is 2.03. The molecule has 1 N–H and O–H groups in total. The van der Waals surface area contributed by atoms with Gasteiger partial charge in [-0.15, -0.1) is 11.6 Å². The lowest BCUT2D eigenvalue weighted by atomic mass is 9.88. The molecule has 4 heteroatoms. The number of nitrogens with zero attached hydrogens (tertiary/aromatic N) is 2. The van der Waals surface area contributed by atoms with Gasteiger partial charge in [-0.1, -0.05) is 19.9 Å². The molecule has 0 aliphatic rings. The lowest BCUT2D eigenvalue weighted by Gasteiger charge is -2.25. The van der Waals surface area contributed by atoms with Gasteiger partial charge in [0.1, 0.15) is 11.5 Å². The molecule has 0 atom stereocenters. The molecule has 0 spiro atoms. The maximum atomic E-state index is 5.76. The molecular formula is C14H20ClN3. The summed E-state index contributed by atoms with van der Waals surface area (Å²) in [6.45, 7) is 5.46. The number of hydrogen-bond acceptors (Lipinski definition) is 2. The average molecular weight is 266 g/mol. The highest BCUT2D eigenvalue weighted by molar-refractivity contribution is 6.17. The summed E-state index contributed by atoms with van der Waals surface area (Å²) in [6.07, 6.45) is 5.98. The van der Waals surface area contributed by atoms with E-state index in [-0.39, 0.29) is 5.41 Å². The maximum Gasteiger partial charge on any atom is 0.138 e. The van der Waals surface area contributed by atoms with E-state index in [0.29, 0.717) is 0 Å². The van der Waals surface area contributed by atoms with Crippen LogP contribution in [0.5, 0.6) is 0 Å². The number of fused-ring (bicyclic) bond motifs is 1. The number of aromatic nitrogens is 2. The van der Waals surface area contributed by atoms with E-state index >= 15 is 0 Å². The Bertz CT molecular complexity index is 504. The third kappa shape index (κ3) is 3.16. The Kier molecular flexibility index (Phi) is 4.12. The van der Waals surface area contributed by atoms with Crippen LogP contribution in [0.2, 0.25) is 0 Å². The van der Waals surface area contributed by atoms with Crippen LogP contribution in [0.3, 0.4) is 0 Å². The number of rotatable bonds is 6. The zero-order valence-electron chi connectivity index (χ0n) is 11.0. The molecule has 2 aromatic rings. The fourth-order valence-electron chi connectivity index (χ4n) is 2.06. The SMILES string of the molecule is CC(C)(CCCCl)CNc1cccc2nccn12. The summed E-state index contributed by atoms with van der Waals surface area (Å²) in [7, 11) is 0. The number of hydrogen-bond donors (Lipinski definition) is 1. The quantitative estimate of drug-likeness (QED) is 0.805. The van der Waals surface area contributed by atoms with Gasteiger partial charge in [0, 0.05) is 24.8 Å². The number of pyridine rings is 1. The van der Waals surface area contributed by atoms with Gasteiger partial charge in [-0.25, -0.2) is 4.98 Å². The molecule has 2 rings (SSSR count). The molecule has 0 aliphatic carbocycles. The highest BCUT2D eigenvalue weighted by atomic mass is 35.5. The summed E-state index contributed by atoms with van der Waals surface area (Å²) < 4.78 is 2.07. The monoisotopic (exact) mass is 265 g/mol. The molecule has 0 radical (unpaired) electrons. The molecule has 18 heavy (non-hydrogen) atoms. The Morgan fingerprint density at radius 3 is 3.00 bits per heavy atom. The Labute approximate surface area is 113 Å². The van der Waals surface area contributed by atoms with Crippen molar-refractivity contribution < 1.29 is 0 Å². The van der Waals surface area contributed by atoms with Gasteiger partial charge in [0.25, 0.3) is 0 Å². The van der Waals surface area contributed by atoms with Crippen molar-refractivity contribution in [2.75, 3.05) is 17.7 Å². The summed E-state index contributed by atoms with van der Waals surface area (Å²) in [5.74, 6) is 1.82. The molecule has 98 valence electrons. The van der Waals surface area contributed by atoms with Crippen LogP contribution in [-0.4, -0.2) is 21.8 Å². The summed E-state index contributed by atoms with van der Waals surface area (Å²) in [5.41, 5.74) is 1.22. The number of nitrogens with one attached hydrogen (secondary N) is 1. The van der Waals surface area contributed by atoms with E-state index in [4.69, 9.17) is 11.6 Å². The van der Waals surface area contributed by atoms with E-state index in [1.807, 2.05) is 24.5 Å². The maximum absolute atomic E-state index is 5.76. The highest BCUT2D eigenvalue weighted by Crippen LogP contribution is 2.23. The number of halogens is 1. The first-order chi connectivity index (χ1) is 8.62. The summed E-state index contributed by atoms with van der Waals surface area (Å²) >= 11 is 5.76. The molecule has 0 fully saturated rings.